The Morgan fingerprint density at radius 2 is 1.18 bits per heavy atom. The highest BCUT2D eigenvalue weighted by Crippen LogP contribution is 2.35. The number of rotatable bonds is 3. The molecule has 0 amide bonds. The fourth-order valence-electron chi connectivity index (χ4n) is 5.73. The number of hydrogen-bond donors (Lipinski definition) is 0. The van der Waals surface area contributed by atoms with Crippen LogP contribution in [0, 0.1) is 0 Å². The molecule has 2 aromatic heterocycles. The Morgan fingerprint density at radius 3 is 2.08 bits per heavy atom. The molecule has 0 saturated carbocycles. The van der Waals surface area contributed by atoms with Gasteiger partial charge in [0.2, 0.25) is 0 Å². The summed E-state index contributed by atoms with van der Waals surface area (Å²) in [4.78, 5) is 9.71. The molecule has 40 heavy (non-hydrogen) atoms. The second-order valence-electron chi connectivity index (χ2n) is 10.1. The van der Waals surface area contributed by atoms with Crippen molar-refractivity contribution in [3.8, 4) is 28.2 Å². The highest BCUT2D eigenvalue weighted by Gasteiger charge is 2.15. The lowest BCUT2D eigenvalue weighted by atomic mass is 10.00. The van der Waals surface area contributed by atoms with Gasteiger partial charge >= 0.3 is 0 Å². The highest BCUT2D eigenvalue weighted by atomic mass is 35.5. The van der Waals surface area contributed by atoms with Crippen LogP contribution in [0.1, 0.15) is 0 Å². The van der Waals surface area contributed by atoms with Gasteiger partial charge in [-0.15, -0.1) is 0 Å². The van der Waals surface area contributed by atoms with E-state index in [4.69, 9.17) is 21.6 Å². The van der Waals surface area contributed by atoms with E-state index >= 15 is 0 Å². The van der Waals surface area contributed by atoms with Gasteiger partial charge in [-0.25, -0.2) is 9.97 Å². The first-order chi connectivity index (χ1) is 19.7. The summed E-state index contributed by atoms with van der Waals surface area (Å²) in [5.74, 6) is 0.614. The van der Waals surface area contributed by atoms with Crippen molar-refractivity contribution in [3.05, 3.63) is 139 Å². The van der Waals surface area contributed by atoms with Crippen LogP contribution < -0.4 is 0 Å². The fraction of sp³-hybridized carbons (Fsp3) is 0. The van der Waals surface area contributed by atoms with Crippen LogP contribution in [0.4, 0.5) is 0 Å². The molecule has 4 heteroatoms. The van der Waals surface area contributed by atoms with Crippen molar-refractivity contribution in [2.45, 2.75) is 0 Å². The van der Waals surface area contributed by atoms with E-state index in [1.807, 2.05) is 12.1 Å². The summed E-state index contributed by atoms with van der Waals surface area (Å²) in [6, 6.07) is 46.5. The van der Waals surface area contributed by atoms with E-state index in [9.17, 15) is 0 Å². The molecule has 8 aromatic rings. The summed E-state index contributed by atoms with van der Waals surface area (Å²) in [6.45, 7) is 0. The molecule has 0 N–H and O–H groups in total. The predicted molar refractivity (Wildman–Crippen MR) is 167 cm³/mol. The van der Waals surface area contributed by atoms with Crippen LogP contribution in [-0.2, 0) is 0 Å². The molecule has 3 nitrogen and oxygen atoms in total. The van der Waals surface area contributed by atoms with Crippen LogP contribution in [0.5, 0.6) is 0 Å². The fourth-order valence-corrected chi connectivity index (χ4v) is 5.96. The summed E-state index contributed by atoms with van der Waals surface area (Å²) in [5, 5.41) is 6.13. The van der Waals surface area contributed by atoms with Gasteiger partial charge < -0.3 is 4.57 Å². The molecule has 0 aliphatic carbocycles. The maximum absolute atomic E-state index is 6.82. The molecule has 0 radical (unpaired) electrons. The Kier molecular flexibility index (Phi) is 5.19. The molecule has 6 aromatic carbocycles. The van der Waals surface area contributed by atoms with Crippen molar-refractivity contribution >= 4 is 55.1 Å². The molecule has 0 saturated heterocycles. The monoisotopic (exact) mass is 531 g/mol. The quantitative estimate of drug-likeness (QED) is 0.212. The third-order valence-corrected chi connectivity index (χ3v) is 7.97. The van der Waals surface area contributed by atoms with Crippen molar-refractivity contribution in [1.29, 1.82) is 0 Å². The van der Waals surface area contributed by atoms with Gasteiger partial charge in [-0.1, -0.05) is 103 Å². The number of hydrogen-bond acceptors (Lipinski definition) is 2. The summed E-state index contributed by atoms with van der Waals surface area (Å²) < 4.78 is 2.30. The smallest absolute Gasteiger partial charge is 0.161 e. The first kappa shape index (κ1) is 22.9. The molecule has 2 heterocycles. The maximum atomic E-state index is 6.82. The molecule has 0 fully saturated rings. The van der Waals surface area contributed by atoms with Gasteiger partial charge in [-0.05, 0) is 64.4 Å². The van der Waals surface area contributed by atoms with Gasteiger partial charge in [0.15, 0.2) is 5.82 Å². The van der Waals surface area contributed by atoms with Gasteiger partial charge in [-0.2, -0.15) is 0 Å². The van der Waals surface area contributed by atoms with Crippen molar-refractivity contribution in [2.24, 2.45) is 0 Å². The third kappa shape index (κ3) is 3.67. The summed E-state index contributed by atoms with van der Waals surface area (Å²) in [7, 11) is 0. The van der Waals surface area contributed by atoms with Crippen molar-refractivity contribution in [3.63, 3.8) is 0 Å². The zero-order valence-corrected chi connectivity index (χ0v) is 22.2. The van der Waals surface area contributed by atoms with E-state index in [0.717, 1.165) is 38.8 Å². The molecule has 0 spiro atoms. The van der Waals surface area contributed by atoms with Crippen LogP contribution in [0.3, 0.4) is 0 Å². The minimum atomic E-state index is 0.450. The van der Waals surface area contributed by atoms with Gasteiger partial charge in [0.1, 0.15) is 5.15 Å². The topological polar surface area (TPSA) is 30.7 Å². The van der Waals surface area contributed by atoms with Crippen LogP contribution in [0.15, 0.2) is 133 Å². The summed E-state index contributed by atoms with van der Waals surface area (Å²) in [5.41, 5.74) is 7.36. The molecular weight excluding hydrogens is 510 g/mol. The van der Waals surface area contributed by atoms with E-state index < -0.39 is 0 Å². The molecular formula is C36H22ClN3. The molecule has 0 unspecified atom stereocenters. The van der Waals surface area contributed by atoms with Crippen LogP contribution in [-0.4, -0.2) is 14.5 Å². The number of benzene rings is 6. The number of halogens is 1. The number of nitrogens with zero attached hydrogens (tertiary/aromatic N) is 3. The second kappa shape index (κ2) is 9.04. The van der Waals surface area contributed by atoms with Gasteiger partial charge in [0.25, 0.3) is 0 Å². The first-order valence-electron chi connectivity index (χ1n) is 13.3. The normalized spacial score (nSPS) is 11.6. The molecule has 188 valence electrons. The van der Waals surface area contributed by atoms with Crippen LogP contribution in [0.2, 0.25) is 5.15 Å². The largest absolute Gasteiger partial charge is 0.309 e. The average Bonchev–Trinajstić information content (AvgIpc) is 3.35. The van der Waals surface area contributed by atoms with Crippen LogP contribution in [0.25, 0.3) is 71.7 Å². The highest BCUT2D eigenvalue weighted by molar-refractivity contribution is 6.34. The Labute approximate surface area is 235 Å². The minimum absolute atomic E-state index is 0.450. The number of aromatic nitrogens is 3. The Bertz CT molecular complexity index is 2230. The van der Waals surface area contributed by atoms with Gasteiger partial charge in [-0.3, -0.25) is 0 Å². The standard InChI is InChI=1S/C36H22ClN3/c37-35-31-21-26(25-15-14-23-8-4-5-9-24(23)20-25)17-19-32(31)38-36(39-35)27-16-18-30-29-12-6-7-13-33(29)40(34(30)22-27)28-10-2-1-3-11-28/h1-22H. The minimum Gasteiger partial charge on any atom is -0.309 e. The lowest BCUT2D eigenvalue weighted by molar-refractivity contribution is 1.18. The zero-order chi connectivity index (χ0) is 26.6. The molecule has 0 aliphatic heterocycles. The SMILES string of the molecule is Clc1nc(-c2ccc3c4ccccc4n(-c4ccccc4)c3c2)nc2ccc(-c3ccc4ccccc4c3)cc12. The van der Waals surface area contributed by atoms with E-state index in [-0.39, 0.29) is 0 Å². The van der Waals surface area contributed by atoms with Crippen molar-refractivity contribution in [1.82, 2.24) is 14.5 Å². The van der Waals surface area contributed by atoms with Crippen molar-refractivity contribution < 1.29 is 0 Å². The van der Waals surface area contributed by atoms with Crippen molar-refractivity contribution in [2.75, 3.05) is 0 Å². The Hall–Kier alpha value is -4.99. The van der Waals surface area contributed by atoms with Crippen LogP contribution >= 0.6 is 11.6 Å². The van der Waals surface area contributed by atoms with E-state index in [2.05, 4.69) is 126 Å². The Balaban J connectivity index is 1.27. The number of para-hydroxylation sites is 2. The third-order valence-electron chi connectivity index (χ3n) is 7.68. The van der Waals surface area contributed by atoms with Gasteiger partial charge in [0, 0.05) is 27.4 Å². The first-order valence-corrected chi connectivity index (χ1v) is 13.7. The predicted octanol–water partition coefficient (Wildman–Crippen LogP) is 9.87. The summed E-state index contributed by atoms with van der Waals surface area (Å²) in [6.07, 6.45) is 0. The lowest BCUT2D eigenvalue weighted by Crippen LogP contribution is -1.95. The number of fused-ring (bicyclic) bond motifs is 5. The molecule has 0 aliphatic rings. The average molecular weight is 532 g/mol. The second-order valence-corrected chi connectivity index (χ2v) is 10.4. The van der Waals surface area contributed by atoms with E-state index in [1.54, 1.807) is 0 Å². The summed E-state index contributed by atoms with van der Waals surface area (Å²) >= 11 is 6.82. The maximum Gasteiger partial charge on any atom is 0.161 e. The molecule has 0 bridgehead atoms. The van der Waals surface area contributed by atoms with E-state index in [1.165, 1.54) is 27.1 Å². The Morgan fingerprint density at radius 1 is 0.475 bits per heavy atom. The zero-order valence-electron chi connectivity index (χ0n) is 21.4. The van der Waals surface area contributed by atoms with Gasteiger partial charge in [0.05, 0.1) is 16.6 Å². The molecule has 8 rings (SSSR count). The molecule has 0 atom stereocenters. The van der Waals surface area contributed by atoms with E-state index in [0.29, 0.717) is 11.0 Å². The lowest BCUT2D eigenvalue weighted by Gasteiger charge is -2.10.